The molecule has 0 atom stereocenters. The van der Waals surface area contributed by atoms with Crippen molar-refractivity contribution < 1.29 is 19.1 Å². The van der Waals surface area contributed by atoms with Crippen molar-refractivity contribution in [1.29, 1.82) is 0 Å². The van der Waals surface area contributed by atoms with Gasteiger partial charge in [-0.3, -0.25) is 20.4 Å². The maximum atomic E-state index is 12.3. The standard InChI is InChI=1S/C21H21N3O4S/c1-13-4-6-14(7-5-13)21-22-16(12-29-21)11-19(25)23-24-20(26)15-8-9-17(27-2)18(10-15)28-3/h4-10,12H,11H2,1-3H3,(H,23,25)(H,24,26). The number of ether oxygens (including phenoxy) is 2. The van der Waals surface area contributed by atoms with Gasteiger partial charge in [-0.2, -0.15) is 0 Å². The van der Waals surface area contributed by atoms with Crippen molar-refractivity contribution in [2.75, 3.05) is 14.2 Å². The topological polar surface area (TPSA) is 89.6 Å². The molecule has 2 amide bonds. The lowest BCUT2D eigenvalue weighted by atomic mass is 10.2. The second kappa shape index (κ2) is 9.20. The highest BCUT2D eigenvalue weighted by Gasteiger charge is 2.13. The van der Waals surface area contributed by atoms with Crippen molar-refractivity contribution >= 4 is 23.2 Å². The van der Waals surface area contributed by atoms with Crippen molar-refractivity contribution in [2.24, 2.45) is 0 Å². The summed E-state index contributed by atoms with van der Waals surface area (Å²) in [4.78, 5) is 28.9. The van der Waals surface area contributed by atoms with Gasteiger partial charge in [-0.15, -0.1) is 11.3 Å². The second-order valence-electron chi connectivity index (χ2n) is 6.26. The molecule has 2 N–H and O–H groups in total. The molecule has 0 bridgehead atoms. The molecule has 1 aromatic heterocycles. The molecule has 0 spiro atoms. The van der Waals surface area contributed by atoms with E-state index < -0.39 is 5.91 Å². The molecule has 2 aromatic carbocycles. The number of amides is 2. The van der Waals surface area contributed by atoms with Crippen LogP contribution in [-0.4, -0.2) is 31.0 Å². The zero-order valence-electron chi connectivity index (χ0n) is 16.3. The zero-order valence-corrected chi connectivity index (χ0v) is 17.1. The first kappa shape index (κ1) is 20.3. The van der Waals surface area contributed by atoms with Crippen LogP contribution in [0.3, 0.4) is 0 Å². The fourth-order valence-electron chi connectivity index (χ4n) is 2.60. The van der Waals surface area contributed by atoms with Crippen molar-refractivity contribution in [1.82, 2.24) is 15.8 Å². The molecule has 0 aliphatic carbocycles. The van der Waals surface area contributed by atoms with Crippen LogP contribution in [0, 0.1) is 6.92 Å². The van der Waals surface area contributed by atoms with E-state index in [0.29, 0.717) is 22.8 Å². The van der Waals surface area contributed by atoms with Crippen LogP contribution in [-0.2, 0) is 11.2 Å². The van der Waals surface area contributed by atoms with E-state index in [2.05, 4.69) is 15.8 Å². The second-order valence-corrected chi connectivity index (χ2v) is 7.12. The van der Waals surface area contributed by atoms with Gasteiger partial charge in [0, 0.05) is 16.5 Å². The lowest BCUT2D eigenvalue weighted by Gasteiger charge is -2.10. The van der Waals surface area contributed by atoms with Gasteiger partial charge >= 0.3 is 0 Å². The molecule has 150 valence electrons. The number of aryl methyl sites for hydroxylation is 1. The van der Waals surface area contributed by atoms with Crippen molar-refractivity contribution in [3.05, 3.63) is 64.7 Å². The molecule has 0 fully saturated rings. The Morgan fingerprint density at radius 3 is 2.41 bits per heavy atom. The Kier molecular flexibility index (Phi) is 6.46. The highest BCUT2D eigenvalue weighted by Crippen LogP contribution is 2.27. The molecular weight excluding hydrogens is 390 g/mol. The maximum absolute atomic E-state index is 12.3. The Labute approximate surface area is 172 Å². The van der Waals surface area contributed by atoms with Crippen LogP contribution >= 0.6 is 11.3 Å². The summed E-state index contributed by atoms with van der Waals surface area (Å²) in [6.45, 7) is 2.03. The van der Waals surface area contributed by atoms with Crippen LogP contribution in [0.1, 0.15) is 21.6 Å². The van der Waals surface area contributed by atoms with E-state index in [-0.39, 0.29) is 12.3 Å². The summed E-state index contributed by atoms with van der Waals surface area (Å²) in [6.07, 6.45) is 0.0641. The molecule has 29 heavy (non-hydrogen) atoms. The number of carbonyl (C=O) groups is 2. The van der Waals surface area contributed by atoms with E-state index in [4.69, 9.17) is 9.47 Å². The SMILES string of the molecule is COc1ccc(C(=O)NNC(=O)Cc2csc(-c3ccc(C)cc3)n2)cc1OC. The van der Waals surface area contributed by atoms with Crippen molar-refractivity contribution in [3.63, 3.8) is 0 Å². The average molecular weight is 411 g/mol. The van der Waals surface area contributed by atoms with Gasteiger partial charge in [-0.1, -0.05) is 29.8 Å². The minimum absolute atomic E-state index is 0.0641. The van der Waals surface area contributed by atoms with Gasteiger partial charge in [0.1, 0.15) is 5.01 Å². The van der Waals surface area contributed by atoms with Gasteiger partial charge in [-0.05, 0) is 25.1 Å². The number of methoxy groups -OCH3 is 2. The molecule has 3 aromatic rings. The predicted molar refractivity (Wildman–Crippen MR) is 111 cm³/mol. The first-order valence-electron chi connectivity index (χ1n) is 8.83. The van der Waals surface area contributed by atoms with Crippen LogP contribution in [0.4, 0.5) is 0 Å². The third-order valence-corrected chi connectivity index (χ3v) is 5.09. The third-order valence-electron chi connectivity index (χ3n) is 4.15. The molecule has 7 nitrogen and oxygen atoms in total. The Balaban J connectivity index is 1.56. The molecule has 0 saturated carbocycles. The van der Waals surface area contributed by atoms with Gasteiger partial charge in [0.25, 0.3) is 5.91 Å². The Morgan fingerprint density at radius 2 is 1.72 bits per heavy atom. The number of nitrogens with zero attached hydrogens (tertiary/aromatic N) is 1. The number of aromatic nitrogens is 1. The van der Waals surface area contributed by atoms with Crippen LogP contribution < -0.4 is 20.3 Å². The normalized spacial score (nSPS) is 10.3. The largest absolute Gasteiger partial charge is 0.493 e. The predicted octanol–water partition coefficient (Wildman–Crippen LogP) is 3.14. The lowest BCUT2D eigenvalue weighted by molar-refractivity contribution is -0.121. The molecule has 3 rings (SSSR count). The molecule has 0 radical (unpaired) electrons. The average Bonchev–Trinajstić information content (AvgIpc) is 3.20. The lowest BCUT2D eigenvalue weighted by Crippen LogP contribution is -2.42. The fourth-order valence-corrected chi connectivity index (χ4v) is 3.43. The number of hydrogen-bond acceptors (Lipinski definition) is 6. The molecule has 8 heteroatoms. The molecule has 0 saturated heterocycles. The summed E-state index contributed by atoms with van der Waals surface area (Å²) in [7, 11) is 3.00. The Hall–Kier alpha value is -3.39. The highest BCUT2D eigenvalue weighted by molar-refractivity contribution is 7.13. The van der Waals surface area contributed by atoms with Crippen LogP contribution in [0.5, 0.6) is 11.5 Å². The van der Waals surface area contributed by atoms with E-state index in [9.17, 15) is 9.59 Å². The number of nitrogens with one attached hydrogen (secondary N) is 2. The third kappa shape index (κ3) is 5.11. The van der Waals surface area contributed by atoms with Gasteiger partial charge < -0.3 is 9.47 Å². The minimum atomic E-state index is -0.460. The van der Waals surface area contributed by atoms with E-state index in [1.54, 1.807) is 12.1 Å². The number of benzene rings is 2. The van der Waals surface area contributed by atoms with Crippen LogP contribution in [0.15, 0.2) is 47.8 Å². The number of carbonyl (C=O) groups excluding carboxylic acids is 2. The van der Waals surface area contributed by atoms with E-state index in [0.717, 1.165) is 10.6 Å². The van der Waals surface area contributed by atoms with Gasteiger partial charge in [-0.25, -0.2) is 4.98 Å². The number of hydrogen-bond donors (Lipinski definition) is 2. The van der Waals surface area contributed by atoms with Crippen LogP contribution in [0.25, 0.3) is 10.6 Å². The van der Waals surface area contributed by atoms with Crippen molar-refractivity contribution in [2.45, 2.75) is 13.3 Å². The van der Waals surface area contributed by atoms with Gasteiger partial charge in [0.15, 0.2) is 11.5 Å². The Bertz CT molecular complexity index is 1020. The Morgan fingerprint density at radius 1 is 1.00 bits per heavy atom. The summed E-state index contributed by atoms with van der Waals surface area (Å²) >= 11 is 1.48. The van der Waals surface area contributed by atoms with E-state index in [1.165, 1.54) is 37.2 Å². The quantitative estimate of drug-likeness (QED) is 0.609. The smallest absolute Gasteiger partial charge is 0.269 e. The fraction of sp³-hybridized carbons (Fsp3) is 0.190. The zero-order chi connectivity index (χ0) is 20.8. The van der Waals surface area contributed by atoms with Gasteiger partial charge in [0.2, 0.25) is 5.91 Å². The monoisotopic (exact) mass is 411 g/mol. The van der Waals surface area contributed by atoms with Crippen molar-refractivity contribution in [3.8, 4) is 22.1 Å². The minimum Gasteiger partial charge on any atom is -0.493 e. The number of rotatable bonds is 6. The van der Waals surface area contributed by atoms with E-state index >= 15 is 0 Å². The first-order valence-corrected chi connectivity index (χ1v) is 9.70. The molecule has 0 aliphatic heterocycles. The summed E-state index contributed by atoms with van der Waals surface area (Å²) < 4.78 is 10.3. The van der Waals surface area contributed by atoms with Crippen LogP contribution in [0.2, 0.25) is 0 Å². The summed E-state index contributed by atoms with van der Waals surface area (Å²) in [5.74, 6) is 0.121. The first-order chi connectivity index (χ1) is 14.0. The number of hydrazine groups is 1. The molecular formula is C21H21N3O4S. The maximum Gasteiger partial charge on any atom is 0.269 e. The summed E-state index contributed by atoms with van der Waals surface area (Å²) in [6, 6.07) is 12.8. The van der Waals surface area contributed by atoms with E-state index in [1.807, 2.05) is 36.6 Å². The molecule has 1 heterocycles. The van der Waals surface area contributed by atoms with Gasteiger partial charge in [0.05, 0.1) is 26.3 Å². The molecule has 0 unspecified atom stereocenters. The molecule has 0 aliphatic rings. The summed E-state index contributed by atoms with van der Waals surface area (Å²) in [5, 5.41) is 2.69. The highest BCUT2D eigenvalue weighted by atomic mass is 32.1. The number of thiazole rings is 1. The summed E-state index contributed by atoms with van der Waals surface area (Å²) in [5.41, 5.74) is 7.96.